The number of alkyl halides is 3. The van der Waals surface area contributed by atoms with Crippen LogP contribution in [-0.4, -0.2) is 25.5 Å². The quantitative estimate of drug-likeness (QED) is 0.660. The van der Waals surface area contributed by atoms with E-state index < -0.39 is 28.0 Å². The van der Waals surface area contributed by atoms with Crippen molar-refractivity contribution in [2.24, 2.45) is 4.40 Å². The van der Waals surface area contributed by atoms with E-state index in [-0.39, 0.29) is 5.82 Å². The summed E-state index contributed by atoms with van der Waals surface area (Å²) in [7, 11) is 0. The maximum atomic E-state index is 12.2. The van der Waals surface area contributed by atoms with Crippen LogP contribution in [0.5, 0.6) is 0 Å². The van der Waals surface area contributed by atoms with E-state index in [0.717, 1.165) is 6.21 Å². The van der Waals surface area contributed by atoms with E-state index in [9.17, 15) is 17.7 Å². The zero-order valence-corrected chi connectivity index (χ0v) is 10.3. The van der Waals surface area contributed by atoms with E-state index in [1.165, 1.54) is 0 Å². The van der Waals surface area contributed by atoms with Gasteiger partial charge in [0.15, 0.2) is 5.82 Å². The van der Waals surface area contributed by atoms with Gasteiger partial charge in [-0.1, -0.05) is 4.40 Å². The second-order valence-electron chi connectivity index (χ2n) is 4.28. The van der Waals surface area contributed by atoms with Gasteiger partial charge in [-0.2, -0.15) is 13.2 Å². The number of H-pyrrole nitrogens is 1. The number of aromatic nitrogens is 2. The highest BCUT2D eigenvalue weighted by Crippen LogP contribution is 2.27. The highest BCUT2D eigenvalue weighted by atomic mass is 32.2. The fraction of sp³-hybridized carbons (Fsp3) is 0.556. The number of hydrogen-bond donors (Lipinski definition) is 1. The van der Waals surface area contributed by atoms with Crippen LogP contribution in [0.1, 0.15) is 32.3 Å². The summed E-state index contributed by atoms with van der Waals surface area (Å²) in [5, 5.41) is 0. The summed E-state index contributed by atoms with van der Waals surface area (Å²) >= 11 is -1.52. The highest BCUT2D eigenvalue weighted by molar-refractivity contribution is 7.91. The van der Waals surface area contributed by atoms with Crippen LogP contribution < -0.4 is 0 Å². The Hall–Kier alpha value is -1.02. The lowest BCUT2D eigenvalue weighted by Crippen LogP contribution is -2.25. The van der Waals surface area contributed by atoms with Gasteiger partial charge in [0.1, 0.15) is 28.0 Å². The van der Waals surface area contributed by atoms with Gasteiger partial charge in [0, 0.05) is 0 Å². The van der Waals surface area contributed by atoms with Crippen LogP contribution in [0.15, 0.2) is 10.6 Å². The maximum absolute atomic E-state index is 12.2. The Morgan fingerprint density at radius 1 is 1.41 bits per heavy atom. The molecule has 1 unspecified atom stereocenters. The second kappa shape index (κ2) is 4.69. The number of halogens is 3. The predicted molar refractivity (Wildman–Crippen MR) is 59.1 cm³/mol. The van der Waals surface area contributed by atoms with Gasteiger partial charge in [0.2, 0.25) is 0 Å². The Balaban J connectivity index is 2.77. The molecule has 0 aromatic carbocycles. The minimum absolute atomic E-state index is 0.0741. The van der Waals surface area contributed by atoms with Crippen molar-refractivity contribution in [2.75, 3.05) is 0 Å². The summed E-state index contributed by atoms with van der Waals surface area (Å²) < 4.78 is 51.2. The molecule has 0 saturated carbocycles. The Morgan fingerprint density at radius 3 is 2.41 bits per heavy atom. The molecule has 1 heterocycles. The second-order valence-corrected chi connectivity index (χ2v) is 6.21. The van der Waals surface area contributed by atoms with Crippen LogP contribution in [0, 0.1) is 0 Å². The minimum atomic E-state index is -4.47. The van der Waals surface area contributed by atoms with Crippen molar-refractivity contribution in [2.45, 2.75) is 31.7 Å². The third kappa shape index (κ3) is 4.04. The van der Waals surface area contributed by atoms with Crippen molar-refractivity contribution in [3.63, 3.8) is 0 Å². The molecule has 1 N–H and O–H groups in total. The topological polar surface area (TPSA) is 64.1 Å². The Bertz CT molecular complexity index is 408. The lowest BCUT2D eigenvalue weighted by molar-refractivity contribution is -0.140. The molecule has 0 fully saturated rings. The third-order valence-electron chi connectivity index (χ3n) is 1.70. The molecule has 0 aliphatic rings. The molecular weight excluding hydrogens is 255 g/mol. The average Bonchev–Trinajstić information content (AvgIpc) is 2.59. The number of rotatable bonds is 2. The van der Waals surface area contributed by atoms with Crippen molar-refractivity contribution < 1.29 is 17.7 Å². The molecule has 8 heteroatoms. The number of imidazole rings is 1. The van der Waals surface area contributed by atoms with Gasteiger partial charge < -0.3 is 9.54 Å². The van der Waals surface area contributed by atoms with Gasteiger partial charge >= 0.3 is 6.18 Å². The summed E-state index contributed by atoms with van der Waals surface area (Å²) in [6.45, 7) is 5.14. The summed E-state index contributed by atoms with van der Waals surface area (Å²) in [5.41, 5.74) is -0.958. The van der Waals surface area contributed by atoms with E-state index in [4.69, 9.17) is 0 Å². The molecule has 4 nitrogen and oxygen atoms in total. The first-order chi connectivity index (χ1) is 7.60. The van der Waals surface area contributed by atoms with Crippen LogP contribution in [0.25, 0.3) is 0 Å². The molecule has 1 atom stereocenters. The zero-order valence-electron chi connectivity index (χ0n) is 9.50. The van der Waals surface area contributed by atoms with Crippen LogP contribution in [0.3, 0.4) is 0 Å². The molecule has 0 spiro atoms. The van der Waals surface area contributed by atoms with Gasteiger partial charge in [0.25, 0.3) is 0 Å². The number of nitrogens with one attached hydrogen (secondary N) is 1. The lowest BCUT2D eigenvalue weighted by atomic mass is 10.3. The van der Waals surface area contributed by atoms with Crippen LogP contribution in [0.4, 0.5) is 13.2 Å². The van der Waals surface area contributed by atoms with Crippen molar-refractivity contribution in [3.8, 4) is 0 Å². The smallest absolute Gasteiger partial charge is 0.432 e. The van der Waals surface area contributed by atoms with Crippen molar-refractivity contribution in [1.29, 1.82) is 0 Å². The molecule has 1 rings (SSSR count). The summed E-state index contributed by atoms with van der Waals surface area (Å²) in [6.07, 6.45) is -2.76. The molecule has 1 aromatic rings. The molecule has 0 amide bonds. The zero-order chi connectivity index (χ0) is 13.3. The Kier molecular flexibility index (Phi) is 3.88. The van der Waals surface area contributed by atoms with E-state index in [1.807, 2.05) is 4.98 Å². The molecule has 0 saturated heterocycles. The fourth-order valence-corrected chi connectivity index (χ4v) is 1.31. The van der Waals surface area contributed by atoms with Gasteiger partial charge in [-0.3, -0.25) is 0 Å². The first-order valence-electron chi connectivity index (χ1n) is 4.69. The van der Waals surface area contributed by atoms with E-state index >= 15 is 0 Å². The summed E-state index contributed by atoms with van der Waals surface area (Å²) in [5.74, 6) is -0.0741. The molecule has 0 aliphatic carbocycles. The SMILES string of the molecule is CC(C)(C)[S+]([O-])N=Cc1ncc(C(F)(F)F)[nH]1. The van der Waals surface area contributed by atoms with E-state index in [1.54, 1.807) is 20.8 Å². The van der Waals surface area contributed by atoms with Crippen LogP contribution >= 0.6 is 0 Å². The molecule has 0 aliphatic heterocycles. The number of nitrogens with zero attached hydrogens (tertiary/aromatic N) is 2. The molecule has 0 radical (unpaired) electrons. The number of hydrogen-bond acceptors (Lipinski definition) is 3. The van der Waals surface area contributed by atoms with Gasteiger partial charge in [0.05, 0.1) is 6.20 Å². The molecule has 17 heavy (non-hydrogen) atoms. The minimum Gasteiger partial charge on any atom is -0.591 e. The van der Waals surface area contributed by atoms with Gasteiger partial charge in [-0.05, 0) is 20.8 Å². The van der Waals surface area contributed by atoms with E-state index in [2.05, 4.69) is 9.38 Å². The first kappa shape index (κ1) is 14.0. The first-order valence-corrected chi connectivity index (χ1v) is 5.79. The standard InChI is InChI=1S/C9H12F3N3OS/c1-8(2,3)17(16)14-5-7-13-4-6(15-7)9(10,11)12/h4-5H,1-3H3,(H,13,15). The van der Waals surface area contributed by atoms with Crippen LogP contribution in [-0.2, 0) is 17.5 Å². The molecule has 96 valence electrons. The summed E-state index contributed by atoms with van der Waals surface area (Å²) in [4.78, 5) is 5.52. The monoisotopic (exact) mass is 267 g/mol. The summed E-state index contributed by atoms with van der Waals surface area (Å²) in [6, 6.07) is 0. The van der Waals surface area contributed by atoms with Gasteiger partial charge in [-0.25, -0.2) is 4.98 Å². The predicted octanol–water partition coefficient (Wildman–Crippen LogP) is 2.31. The molecule has 0 bridgehead atoms. The lowest BCUT2D eigenvalue weighted by Gasteiger charge is -2.17. The Labute approximate surface area is 99.7 Å². The van der Waals surface area contributed by atoms with Crippen molar-refractivity contribution in [3.05, 3.63) is 17.7 Å². The average molecular weight is 267 g/mol. The fourth-order valence-electron chi connectivity index (χ4n) is 0.802. The normalized spacial score (nSPS) is 15.5. The highest BCUT2D eigenvalue weighted by Gasteiger charge is 2.33. The van der Waals surface area contributed by atoms with Crippen molar-refractivity contribution >= 4 is 17.6 Å². The van der Waals surface area contributed by atoms with E-state index in [0.29, 0.717) is 6.20 Å². The molecule has 1 aromatic heterocycles. The van der Waals surface area contributed by atoms with Crippen molar-refractivity contribution in [1.82, 2.24) is 9.97 Å². The molecular formula is C9H12F3N3OS. The van der Waals surface area contributed by atoms with Crippen LogP contribution in [0.2, 0.25) is 0 Å². The third-order valence-corrected chi connectivity index (χ3v) is 3.04. The number of aromatic amines is 1. The van der Waals surface area contributed by atoms with Gasteiger partial charge in [-0.15, -0.1) is 0 Å². The Morgan fingerprint density at radius 2 is 2.00 bits per heavy atom. The maximum Gasteiger partial charge on any atom is 0.432 e. The largest absolute Gasteiger partial charge is 0.591 e.